The number of thiazole rings is 1. The number of hydrogen-bond acceptors (Lipinski definition) is 5. The normalized spacial score (nSPS) is 12.2. The van der Waals surface area contributed by atoms with E-state index < -0.39 is 12.0 Å². The molecule has 0 aliphatic heterocycles. The lowest BCUT2D eigenvalue weighted by atomic mass is 10.1. The van der Waals surface area contributed by atoms with Crippen LogP contribution in [0, 0.1) is 6.92 Å². The van der Waals surface area contributed by atoms with E-state index in [-0.39, 0.29) is 6.42 Å². The highest BCUT2D eigenvalue weighted by molar-refractivity contribution is 7.13. The first kappa shape index (κ1) is 13.7. The molecule has 0 fully saturated rings. The second kappa shape index (κ2) is 5.92. The van der Waals surface area contributed by atoms with Crippen molar-refractivity contribution in [2.45, 2.75) is 19.4 Å². The Kier molecular flexibility index (Phi) is 4.26. The fourth-order valence-electron chi connectivity index (χ4n) is 1.62. The summed E-state index contributed by atoms with van der Waals surface area (Å²) >= 11 is 1.48. The molecule has 0 spiro atoms. The third-order valence-electron chi connectivity index (χ3n) is 2.70. The van der Waals surface area contributed by atoms with E-state index in [0.717, 1.165) is 10.6 Å². The SMILES string of the molecule is Cc1ccc(-c2nc(C[C@H](O)C(=O)NN)cs2)cc1. The number of carbonyl (C=O) groups excluding carboxylic acids is 1. The van der Waals surface area contributed by atoms with Crippen LogP contribution >= 0.6 is 11.3 Å². The van der Waals surface area contributed by atoms with Crippen molar-refractivity contribution in [1.82, 2.24) is 10.4 Å². The largest absolute Gasteiger partial charge is 0.383 e. The molecule has 5 nitrogen and oxygen atoms in total. The van der Waals surface area contributed by atoms with Crippen LogP contribution in [0.3, 0.4) is 0 Å². The second-order valence-electron chi connectivity index (χ2n) is 4.24. The Morgan fingerprint density at radius 2 is 2.16 bits per heavy atom. The van der Waals surface area contributed by atoms with Crippen LogP contribution in [0.5, 0.6) is 0 Å². The van der Waals surface area contributed by atoms with Crippen LogP contribution in [0.4, 0.5) is 0 Å². The van der Waals surface area contributed by atoms with E-state index in [1.807, 2.05) is 42.0 Å². The molecule has 19 heavy (non-hydrogen) atoms. The fourth-order valence-corrected chi connectivity index (χ4v) is 2.46. The van der Waals surface area contributed by atoms with E-state index in [0.29, 0.717) is 5.69 Å². The molecule has 1 aromatic heterocycles. The fraction of sp³-hybridized carbons (Fsp3) is 0.231. The van der Waals surface area contributed by atoms with Crippen LogP contribution < -0.4 is 11.3 Å². The predicted molar refractivity (Wildman–Crippen MR) is 74.3 cm³/mol. The molecule has 1 amide bonds. The molecule has 0 aliphatic rings. The number of aliphatic hydroxyl groups excluding tert-OH is 1. The first-order valence-corrected chi connectivity index (χ1v) is 6.68. The molecule has 100 valence electrons. The van der Waals surface area contributed by atoms with E-state index in [1.165, 1.54) is 16.9 Å². The number of hydrazine groups is 1. The van der Waals surface area contributed by atoms with Crippen LogP contribution in [0.15, 0.2) is 29.6 Å². The number of nitrogens with two attached hydrogens (primary N) is 1. The minimum Gasteiger partial charge on any atom is -0.383 e. The Balaban J connectivity index is 2.11. The number of aromatic nitrogens is 1. The first-order valence-electron chi connectivity index (χ1n) is 5.80. The van der Waals surface area contributed by atoms with Gasteiger partial charge in [-0.25, -0.2) is 10.8 Å². The number of amides is 1. The van der Waals surface area contributed by atoms with Gasteiger partial charge in [0.05, 0.1) is 5.69 Å². The van der Waals surface area contributed by atoms with Crippen molar-refractivity contribution in [3.63, 3.8) is 0 Å². The van der Waals surface area contributed by atoms with Crippen molar-refractivity contribution in [2.24, 2.45) is 5.84 Å². The molecule has 0 radical (unpaired) electrons. The van der Waals surface area contributed by atoms with Crippen molar-refractivity contribution in [3.05, 3.63) is 40.9 Å². The monoisotopic (exact) mass is 277 g/mol. The zero-order chi connectivity index (χ0) is 13.8. The summed E-state index contributed by atoms with van der Waals surface area (Å²) in [7, 11) is 0. The highest BCUT2D eigenvalue weighted by atomic mass is 32.1. The maximum atomic E-state index is 11.1. The molecular formula is C13H15N3O2S. The Morgan fingerprint density at radius 3 is 2.79 bits per heavy atom. The summed E-state index contributed by atoms with van der Waals surface area (Å²) in [5, 5.41) is 12.3. The standard InChI is InChI=1S/C13H15N3O2S/c1-8-2-4-9(5-3-8)13-15-10(7-19-13)6-11(17)12(18)16-14/h2-5,7,11,17H,6,14H2,1H3,(H,16,18)/t11-/m0/s1. The third-order valence-corrected chi connectivity index (χ3v) is 3.64. The van der Waals surface area contributed by atoms with Crippen molar-refractivity contribution < 1.29 is 9.90 Å². The Hall–Kier alpha value is -1.76. The number of rotatable bonds is 4. The number of nitrogens with zero attached hydrogens (tertiary/aromatic N) is 1. The van der Waals surface area contributed by atoms with Gasteiger partial charge in [-0.05, 0) is 6.92 Å². The van der Waals surface area contributed by atoms with Gasteiger partial charge in [-0.1, -0.05) is 29.8 Å². The number of benzene rings is 1. The number of hydrogen-bond donors (Lipinski definition) is 3. The molecule has 0 saturated carbocycles. The van der Waals surface area contributed by atoms with Gasteiger partial charge in [0.25, 0.3) is 5.91 Å². The van der Waals surface area contributed by atoms with Crippen LogP contribution in [-0.4, -0.2) is 22.1 Å². The zero-order valence-electron chi connectivity index (χ0n) is 10.5. The minimum absolute atomic E-state index is 0.158. The summed E-state index contributed by atoms with van der Waals surface area (Å²) in [6, 6.07) is 8.04. The molecule has 1 aromatic carbocycles. The first-order chi connectivity index (χ1) is 9.10. The minimum atomic E-state index is -1.17. The van der Waals surface area contributed by atoms with E-state index in [1.54, 1.807) is 0 Å². The average molecular weight is 277 g/mol. The van der Waals surface area contributed by atoms with Gasteiger partial charge >= 0.3 is 0 Å². The molecule has 1 heterocycles. The topological polar surface area (TPSA) is 88.2 Å². The van der Waals surface area contributed by atoms with E-state index in [4.69, 9.17) is 5.84 Å². The lowest BCUT2D eigenvalue weighted by Crippen LogP contribution is -2.40. The van der Waals surface area contributed by atoms with Crippen LogP contribution in [0.1, 0.15) is 11.3 Å². The molecule has 0 saturated heterocycles. The molecule has 2 rings (SSSR count). The molecule has 0 bridgehead atoms. The van der Waals surface area contributed by atoms with Crippen LogP contribution in [-0.2, 0) is 11.2 Å². The van der Waals surface area contributed by atoms with Gasteiger partial charge in [0.1, 0.15) is 11.1 Å². The molecular weight excluding hydrogens is 262 g/mol. The summed E-state index contributed by atoms with van der Waals surface area (Å²) in [4.78, 5) is 15.5. The molecule has 0 aliphatic carbocycles. The van der Waals surface area contributed by atoms with Crippen LogP contribution in [0.2, 0.25) is 0 Å². The Bertz CT molecular complexity index is 566. The summed E-state index contributed by atoms with van der Waals surface area (Å²) in [5.41, 5.74) is 4.81. The van der Waals surface area contributed by atoms with Gasteiger partial charge in [0.2, 0.25) is 0 Å². The van der Waals surface area contributed by atoms with Crippen molar-refractivity contribution in [1.29, 1.82) is 0 Å². The molecule has 1 atom stereocenters. The third kappa shape index (κ3) is 3.37. The molecule has 0 unspecified atom stereocenters. The van der Waals surface area contributed by atoms with E-state index in [2.05, 4.69) is 4.98 Å². The maximum Gasteiger partial charge on any atom is 0.263 e. The highest BCUT2D eigenvalue weighted by Gasteiger charge is 2.16. The predicted octanol–water partition coefficient (Wildman–Crippen LogP) is 1.01. The van der Waals surface area contributed by atoms with Crippen molar-refractivity contribution in [3.8, 4) is 10.6 Å². The molecule has 2 aromatic rings. The zero-order valence-corrected chi connectivity index (χ0v) is 11.3. The number of nitrogens with one attached hydrogen (secondary N) is 1. The highest BCUT2D eigenvalue weighted by Crippen LogP contribution is 2.24. The smallest absolute Gasteiger partial charge is 0.263 e. The lowest BCUT2D eigenvalue weighted by Gasteiger charge is -2.05. The number of aryl methyl sites for hydroxylation is 1. The van der Waals surface area contributed by atoms with E-state index >= 15 is 0 Å². The van der Waals surface area contributed by atoms with Gasteiger partial charge in [-0.3, -0.25) is 10.2 Å². The Morgan fingerprint density at radius 1 is 1.47 bits per heavy atom. The number of aliphatic hydroxyl groups is 1. The van der Waals surface area contributed by atoms with Gasteiger partial charge in [-0.2, -0.15) is 0 Å². The van der Waals surface area contributed by atoms with Gasteiger partial charge in [-0.15, -0.1) is 11.3 Å². The van der Waals surface area contributed by atoms with Gasteiger partial charge < -0.3 is 5.11 Å². The summed E-state index contributed by atoms with van der Waals surface area (Å²) in [6.45, 7) is 2.03. The Labute approximate surface area is 115 Å². The lowest BCUT2D eigenvalue weighted by molar-refractivity contribution is -0.129. The van der Waals surface area contributed by atoms with E-state index in [9.17, 15) is 9.90 Å². The summed E-state index contributed by atoms with van der Waals surface area (Å²) in [6.07, 6.45) is -1.01. The molecule has 4 N–H and O–H groups in total. The van der Waals surface area contributed by atoms with Crippen molar-refractivity contribution in [2.75, 3.05) is 0 Å². The molecule has 6 heteroatoms. The van der Waals surface area contributed by atoms with Crippen LogP contribution in [0.25, 0.3) is 10.6 Å². The maximum absolute atomic E-state index is 11.1. The van der Waals surface area contributed by atoms with Crippen molar-refractivity contribution >= 4 is 17.2 Å². The second-order valence-corrected chi connectivity index (χ2v) is 5.10. The number of carbonyl (C=O) groups is 1. The average Bonchev–Trinajstić information content (AvgIpc) is 2.87. The van der Waals surface area contributed by atoms with Gasteiger partial charge in [0.15, 0.2) is 0 Å². The quantitative estimate of drug-likeness (QED) is 0.442. The van der Waals surface area contributed by atoms with Gasteiger partial charge in [0, 0.05) is 17.4 Å². The summed E-state index contributed by atoms with van der Waals surface area (Å²) in [5.74, 6) is 4.35. The summed E-state index contributed by atoms with van der Waals surface area (Å²) < 4.78 is 0.